The van der Waals surface area contributed by atoms with Crippen LogP contribution in [0.25, 0.3) is 0 Å². The SMILES string of the molecule is CCCCCCCCC(NN)C1(OCC)CCCC(C)C1. The van der Waals surface area contributed by atoms with Gasteiger partial charge in [-0.05, 0) is 32.1 Å². The summed E-state index contributed by atoms with van der Waals surface area (Å²) in [5, 5.41) is 0. The lowest BCUT2D eigenvalue weighted by atomic mass is 9.73. The largest absolute Gasteiger partial charge is 0.374 e. The van der Waals surface area contributed by atoms with Gasteiger partial charge in [0.05, 0.1) is 11.6 Å². The number of ether oxygens (including phenoxy) is 1. The highest BCUT2D eigenvalue weighted by molar-refractivity contribution is 4.96. The third-order valence-electron chi connectivity index (χ3n) is 5.11. The first-order valence-electron chi connectivity index (χ1n) is 9.28. The summed E-state index contributed by atoms with van der Waals surface area (Å²) in [6, 6.07) is 0.311. The third-order valence-corrected chi connectivity index (χ3v) is 5.11. The van der Waals surface area contributed by atoms with E-state index < -0.39 is 0 Å². The van der Waals surface area contributed by atoms with Crippen LogP contribution in [0.15, 0.2) is 0 Å². The van der Waals surface area contributed by atoms with Crippen molar-refractivity contribution in [1.82, 2.24) is 5.43 Å². The van der Waals surface area contributed by atoms with Crippen LogP contribution in [-0.4, -0.2) is 18.2 Å². The monoisotopic (exact) mass is 298 g/mol. The lowest BCUT2D eigenvalue weighted by molar-refractivity contribution is -0.102. The second kappa shape index (κ2) is 10.6. The first-order chi connectivity index (χ1) is 10.2. The fraction of sp³-hybridized carbons (Fsp3) is 1.00. The Bertz CT molecular complexity index is 256. The molecule has 3 unspecified atom stereocenters. The Hall–Kier alpha value is -0.120. The van der Waals surface area contributed by atoms with Gasteiger partial charge in [-0.1, -0.05) is 65.2 Å². The molecule has 0 aromatic carbocycles. The molecule has 3 heteroatoms. The molecule has 0 heterocycles. The van der Waals surface area contributed by atoms with Crippen molar-refractivity contribution in [2.45, 2.75) is 103 Å². The lowest BCUT2D eigenvalue weighted by Gasteiger charge is -2.45. The van der Waals surface area contributed by atoms with Gasteiger partial charge in [-0.3, -0.25) is 11.3 Å². The van der Waals surface area contributed by atoms with Crippen LogP contribution in [0.5, 0.6) is 0 Å². The summed E-state index contributed by atoms with van der Waals surface area (Å²) in [6.45, 7) is 7.52. The summed E-state index contributed by atoms with van der Waals surface area (Å²) < 4.78 is 6.25. The maximum absolute atomic E-state index is 6.25. The fourth-order valence-corrected chi connectivity index (χ4v) is 4.01. The van der Waals surface area contributed by atoms with Crippen LogP contribution in [0.1, 0.15) is 91.4 Å². The van der Waals surface area contributed by atoms with E-state index in [0.717, 1.165) is 31.8 Å². The van der Waals surface area contributed by atoms with Crippen molar-refractivity contribution in [2.24, 2.45) is 11.8 Å². The number of hydrogen-bond donors (Lipinski definition) is 2. The van der Waals surface area contributed by atoms with Gasteiger partial charge < -0.3 is 4.74 Å². The summed E-state index contributed by atoms with van der Waals surface area (Å²) >= 11 is 0. The normalized spacial score (nSPS) is 27.7. The molecule has 1 rings (SSSR count). The molecule has 0 saturated heterocycles. The Kier molecular flexibility index (Phi) is 9.54. The molecule has 1 fully saturated rings. The van der Waals surface area contributed by atoms with Crippen molar-refractivity contribution in [3.63, 3.8) is 0 Å². The first-order valence-corrected chi connectivity index (χ1v) is 9.28. The van der Waals surface area contributed by atoms with Gasteiger partial charge in [-0.25, -0.2) is 0 Å². The number of unbranched alkanes of at least 4 members (excludes halogenated alkanes) is 5. The van der Waals surface area contributed by atoms with Crippen LogP contribution >= 0.6 is 0 Å². The smallest absolute Gasteiger partial charge is 0.0850 e. The standard InChI is InChI=1S/C18H38N2O/c1-4-6-7-8-9-10-13-17(20-19)18(21-5-2)14-11-12-16(3)15-18/h16-17,20H,4-15,19H2,1-3H3. The van der Waals surface area contributed by atoms with Gasteiger partial charge in [0.1, 0.15) is 0 Å². The molecule has 0 radical (unpaired) electrons. The highest BCUT2D eigenvalue weighted by Crippen LogP contribution is 2.39. The van der Waals surface area contributed by atoms with E-state index in [1.54, 1.807) is 0 Å². The van der Waals surface area contributed by atoms with Crippen LogP contribution in [0.3, 0.4) is 0 Å². The second-order valence-corrected chi connectivity index (χ2v) is 6.98. The molecule has 3 atom stereocenters. The van der Waals surface area contributed by atoms with Gasteiger partial charge in [-0.2, -0.15) is 0 Å². The molecule has 0 bridgehead atoms. The number of hydrogen-bond acceptors (Lipinski definition) is 3. The third kappa shape index (κ3) is 6.25. The Morgan fingerprint density at radius 3 is 2.52 bits per heavy atom. The molecule has 126 valence electrons. The van der Waals surface area contributed by atoms with E-state index in [2.05, 4.69) is 26.2 Å². The first kappa shape index (κ1) is 18.9. The average molecular weight is 299 g/mol. The molecule has 0 amide bonds. The van der Waals surface area contributed by atoms with Crippen LogP contribution < -0.4 is 11.3 Å². The molecule has 21 heavy (non-hydrogen) atoms. The van der Waals surface area contributed by atoms with E-state index in [4.69, 9.17) is 10.6 Å². The van der Waals surface area contributed by atoms with Crippen molar-refractivity contribution in [3.8, 4) is 0 Å². The Morgan fingerprint density at radius 2 is 1.90 bits per heavy atom. The van der Waals surface area contributed by atoms with Crippen LogP contribution in [-0.2, 0) is 4.74 Å². The van der Waals surface area contributed by atoms with Crippen LogP contribution in [0, 0.1) is 5.92 Å². The molecule has 0 spiro atoms. The van der Waals surface area contributed by atoms with E-state index in [1.807, 2.05) is 0 Å². The van der Waals surface area contributed by atoms with Crippen molar-refractivity contribution in [2.75, 3.05) is 6.61 Å². The highest BCUT2D eigenvalue weighted by Gasteiger charge is 2.41. The van der Waals surface area contributed by atoms with Gasteiger partial charge in [0.25, 0.3) is 0 Å². The van der Waals surface area contributed by atoms with Crippen molar-refractivity contribution >= 4 is 0 Å². The zero-order chi connectivity index (χ0) is 15.6. The zero-order valence-corrected chi connectivity index (χ0v) is 14.6. The van der Waals surface area contributed by atoms with E-state index in [9.17, 15) is 0 Å². The number of rotatable bonds is 11. The zero-order valence-electron chi connectivity index (χ0n) is 14.6. The fourth-order valence-electron chi connectivity index (χ4n) is 4.01. The molecule has 3 nitrogen and oxygen atoms in total. The molecule has 1 aliphatic carbocycles. The molecule has 0 aromatic heterocycles. The lowest BCUT2D eigenvalue weighted by Crippen LogP contribution is -2.56. The number of nitrogens with two attached hydrogens (primary N) is 1. The minimum Gasteiger partial charge on any atom is -0.374 e. The Labute approximate surface area is 132 Å². The predicted molar refractivity (Wildman–Crippen MR) is 91.1 cm³/mol. The van der Waals surface area contributed by atoms with Gasteiger partial charge in [0.2, 0.25) is 0 Å². The maximum atomic E-state index is 6.25. The summed E-state index contributed by atoms with van der Waals surface area (Å²) in [5.74, 6) is 6.65. The molecule has 3 N–H and O–H groups in total. The Balaban J connectivity index is 2.45. The van der Waals surface area contributed by atoms with Crippen molar-refractivity contribution in [1.29, 1.82) is 0 Å². The molecule has 1 aliphatic rings. The van der Waals surface area contributed by atoms with Crippen molar-refractivity contribution < 1.29 is 4.74 Å². The number of nitrogens with one attached hydrogen (secondary N) is 1. The van der Waals surface area contributed by atoms with Gasteiger partial charge >= 0.3 is 0 Å². The minimum absolute atomic E-state index is 0.0232. The van der Waals surface area contributed by atoms with Crippen LogP contribution in [0.2, 0.25) is 0 Å². The predicted octanol–water partition coefficient (Wildman–Crippen LogP) is 4.55. The maximum Gasteiger partial charge on any atom is 0.0850 e. The second-order valence-electron chi connectivity index (χ2n) is 6.98. The molecule has 0 aromatic rings. The van der Waals surface area contributed by atoms with E-state index >= 15 is 0 Å². The minimum atomic E-state index is -0.0232. The summed E-state index contributed by atoms with van der Waals surface area (Å²) in [7, 11) is 0. The van der Waals surface area contributed by atoms with E-state index in [-0.39, 0.29) is 5.60 Å². The molecular weight excluding hydrogens is 260 g/mol. The van der Waals surface area contributed by atoms with Gasteiger partial charge in [-0.15, -0.1) is 0 Å². The van der Waals surface area contributed by atoms with Gasteiger partial charge in [0.15, 0.2) is 0 Å². The molecular formula is C18H38N2O. The van der Waals surface area contributed by atoms with Crippen LogP contribution in [0.4, 0.5) is 0 Å². The number of hydrazine groups is 1. The topological polar surface area (TPSA) is 47.3 Å². The van der Waals surface area contributed by atoms with Crippen molar-refractivity contribution in [3.05, 3.63) is 0 Å². The molecule has 0 aliphatic heterocycles. The Morgan fingerprint density at radius 1 is 1.19 bits per heavy atom. The van der Waals surface area contributed by atoms with Gasteiger partial charge in [0, 0.05) is 6.61 Å². The van der Waals surface area contributed by atoms with E-state index in [1.165, 1.54) is 51.4 Å². The highest BCUT2D eigenvalue weighted by atomic mass is 16.5. The van der Waals surface area contributed by atoms with E-state index in [0.29, 0.717) is 6.04 Å². The molecule has 1 saturated carbocycles. The summed E-state index contributed by atoms with van der Waals surface area (Å²) in [6.07, 6.45) is 14.1. The summed E-state index contributed by atoms with van der Waals surface area (Å²) in [4.78, 5) is 0. The summed E-state index contributed by atoms with van der Waals surface area (Å²) in [5.41, 5.74) is 3.07. The average Bonchev–Trinajstić information content (AvgIpc) is 2.46. The quantitative estimate of drug-likeness (QED) is 0.334.